The monoisotopic (exact) mass is 856 g/mol. The van der Waals surface area contributed by atoms with Gasteiger partial charge in [-0.2, -0.15) is 40.7 Å². The summed E-state index contributed by atoms with van der Waals surface area (Å²) in [5.41, 5.74) is 1.31. The molecule has 0 unspecified atom stereocenters. The van der Waals surface area contributed by atoms with Crippen LogP contribution in [0.25, 0.3) is 0 Å². The minimum absolute atomic E-state index is 0.0824. The van der Waals surface area contributed by atoms with E-state index < -0.39 is 70.2 Å². The van der Waals surface area contributed by atoms with E-state index in [0.29, 0.717) is 21.4 Å². The lowest BCUT2D eigenvalue weighted by Gasteiger charge is -2.11. The van der Waals surface area contributed by atoms with Crippen molar-refractivity contribution in [2.75, 3.05) is 10.6 Å². The number of halogens is 2. The third kappa shape index (κ3) is 9.66. The van der Waals surface area contributed by atoms with E-state index in [1.54, 1.807) is 48.5 Å². The number of carbonyl (C=O) groups excluding carboxylic acids is 6. The number of sulfone groups is 1. The van der Waals surface area contributed by atoms with E-state index in [4.69, 9.17) is 23.2 Å². The van der Waals surface area contributed by atoms with Crippen LogP contribution >= 0.6 is 23.2 Å². The SMILES string of the molecule is CC1=NN(C(=O)CC(=O)Nc2ccccc2Cl)C(=O)[C@@H]1N=Nc1ccc(S(=O)(=O)c2ccc(N=N[C@H]3C(=O)N(C(=O)CC(=O)Nc4ccccc4Cl)N=C3C)cc2)cc1. The van der Waals surface area contributed by atoms with Crippen molar-refractivity contribution >= 4 is 103 Å². The molecule has 0 aliphatic carbocycles. The number of hydrogen-bond donors (Lipinski definition) is 2. The number of carbonyl (C=O) groups is 6. The zero-order valence-corrected chi connectivity index (χ0v) is 33.1. The van der Waals surface area contributed by atoms with Gasteiger partial charge in [0.15, 0.2) is 12.1 Å². The number of hydrogen-bond acceptors (Lipinski definition) is 14. The Labute approximate surface area is 345 Å². The lowest BCUT2D eigenvalue weighted by molar-refractivity contribution is -0.146. The molecule has 4 aromatic rings. The first kappa shape index (κ1) is 41.8. The van der Waals surface area contributed by atoms with Gasteiger partial charge in [-0.3, -0.25) is 28.8 Å². The molecule has 0 fully saturated rings. The number of benzene rings is 4. The fourth-order valence-electron chi connectivity index (χ4n) is 5.44. The van der Waals surface area contributed by atoms with Crippen molar-refractivity contribution in [3.8, 4) is 0 Å². The summed E-state index contributed by atoms with van der Waals surface area (Å²) in [5, 5.41) is 30.6. The van der Waals surface area contributed by atoms with Crippen LogP contribution in [0.2, 0.25) is 10.0 Å². The lowest BCUT2D eigenvalue weighted by atomic mass is 10.2. The molecular weight excluding hydrogens is 827 g/mol. The predicted molar refractivity (Wildman–Crippen MR) is 214 cm³/mol. The molecule has 18 nitrogen and oxygen atoms in total. The Bertz CT molecular complexity index is 2440. The van der Waals surface area contributed by atoms with Crippen LogP contribution in [-0.4, -0.2) is 77.4 Å². The molecule has 59 heavy (non-hydrogen) atoms. The van der Waals surface area contributed by atoms with Gasteiger partial charge in [0.2, 0.25) is 21.7 Å². The molecule has 0 saturated heterocycles. The van der Waals surface area contributed by atoms with Gasteiger partial charge in [0.1, 0.15) is 12.8 Å². The van der Waals surface area contributed by atoms with E-state index in [2.05, 4.69) is 41.3 Å². The second-order valence-electron chi connectivity index (χ2n) is 12.7. The van der Waals surface area contributed by atoms with Crippen molar-refractivity contribution in [1.82, 2.24) is 10.0 Å². The summed E-state index contributed by atoms with van der Waals surface area (Å²) in [6, 6.07) is 21.1. The summed E-state index contributed by atoms with van der Waals surface area (Å²) in [6.45, 7) is 2.94. The standard InChI is InChI=1S/C38H30Cl2N10O8S/c1-21-35(37(55)49(47-21)33(53)19-31(51)41-29-9-5-3-7-27(29)39)45-43-23-11-15-25(16-12-23)59(57,58)26-17-13-24(14-18-26)44-46-36-22(2)48-50(38(36)56)34(54)20-32(52)42-30-10-6-4-8-28(30)40/h3-18,35-36H,19-20H2,1-2H3,(H,41,51)(H,42,52)/t35-,36-/m1/s1. The summed E-state index contributed by atoms with van der Waals surface area (Å²) in [7, 11) is -4.03. The maximum absolute atomic E-state index is 13.4. The van der Waals surface area contributed by atoms with Crippen LogP contribution in [0.4, 0.5) is 22.7 Å². The van der Waals surface area contributed by atoms with Gasteiger partial charge in [0, 0.05) is 0 Å². The zero-order valence-electron chi connectivity index (χ0n) is 30.8. The quantitative estimate of drug-likeness (QED) is 0.121. The van der Waals surface area contributed by atoms with Crippen molar-refractivity contribution in [1.29, 1.82) is 0 Å². The zero-order chi connectivity index (χ0) is 42.4. The molecule has 300 valence electrons. The smallest absolute Gasteiger partial charge is 0.282 e. The number of nitrogens with zero attached hydrogens (tertiary/aromatic N) is 8. The molecule has 0 saturated carbocycles. The van der Waals surface area contributed by atoms with Crippen molar-refractivity contribution < 1.29 is 37.2 Å². The first-order valence-electron chi connectivity index (χ1n) is 17.3. The van der Waals surface area contributed by atoms with E-state index in [0.717, 1.165) is 0 Å². The minimum atomic E-state index is -4.03. The Balaban J connectivity index is 1.02. The van der Waals surface area contributed by atoms with E-state index in [9.17, 15) is 37.2 Å². The Morgan fingerprint density at radius 1 is 0.610 bits per heavy atom. The van der Waals surface area contributed by atoms with Crippen LogP contribution < -0.4 is 10.6 Å². The normalized spacial score (nSPS) is 16.7. The topological polar surface area (TPSA) is 241 Å². The Hall–Kier alpha value is -6.83. The van der Waals surface area contributed by atoms with Gasteiger partial charge >= 0.3 is 0 Å². The van der Waals surface area contributed by atoms with Crippen molar-refractivity contribution in [2.24, 2.45) is 30.7 Å². The highest BCUT2D eigenvalue weighted by Gasteiger charge is 2.39. The molecule has 21 heteroatoms. The van der Waals surface area contributed by atoms with Crippen LogP contribution in [-0.2, 0) is 38.6 Å². The Morgan fingerprint density at radius 3 is 1.32 bits per heavy atom. The number of anilines is 2. The largest absolute Gasteiger partial charge is 0.324 e. The molecule has 6 amide bonds. The first-order valence-corrected chi connectivity index (χ1v) is 19.6. The highest BCUT2D eigenvalue weighted by molar-refractivity contribution is 7.91. The first-order chi connectivity index (χ1) is 28.1. The fourth-order valence-corrected chi connectivity index (χ4v) is 7.07. The number of para-hydroxylation sites is 2. The predicted octanol–water partition coefficient (Wildman–Crippen LogP) is 6.28. The molecule has 4 aromatic carbocycles. The molecular formula is C38H30Cl2N10O8S. The average molecular weight is 858 g/mol. The van der Waals surface area contributed by atoms with Gasteiger partial charge in [-0.15, -0.1) is 0 Å². The molecule has 0 bridgehead atoms. The number of amides is 6. The van der Waals surface area contributed by atoms with Gasteiger partial charge in [0.05, 0.1) is 54.0 Å². The maximum atomic E-state index is 13.4. The molecule has 2 aliphatic heterocycles. The van der Waals surface area contributed by atoms with Crippen LogP contribution in [0.1, 0.15) is 26.7 Å². The highest BCUT2D eigenvalue weighted by Crippen LogP contribution is 2.28. The summed E-state index contributed by atoms with van der Waals surface area (Å²) in [5.74, 6) is -4.80. The minimum Gasteiger partial charge on any atom is -0.324 e. The third-order valence-electron chi connectivity index (χ3n) is 8.46. The third-order valence-corrected chi connectivity index (χ3v) is 10.9. The number of hydrazone groups is 2. The van der Waals surface area contributed by atoms with Crippen LogP contribution in [0, 0.1) is 0 Å². The number of azo groups is 2. The molecule has 2 heterocycles. The summed E-state index contributed by atoms with van der Waals surface area (Å²) >= 11 is 12.1. The van der Waals surface area contributed by atoms with Crippen LogP contribution in [0.5, 0.6) is 0 Å². The number of nitrogens with one attached hydrogen (secondary N) is 2. The van der Waals surface area contributed by atoms with Crippen LogP contribution in [0.15, 0.2) is 138 Å². The average Bonchev–Trinajstić information content (AvgIpc) is 3.66. The molecule has 2 atom stereocenters. The summed E-state index contributed by atoms with van der Waals surface area (Å²) < 4.78 is 26.8. The van der Waals surface area contributed by atoms with E-state index in [1.165, 1.54) is 62.4 Å². The van der Waals surface area contributed by atoms with Gasteiger partial charge in [-0.05, 0) is 86.6 Å². The van der Waals surface area contributed by atoms with E-state index in [-0.39, 0.29) is 42.6 Å². The molecule has 0 radical (unpaired) electrons. The number of rotatable bonds is 12. The van der Waals surface area contributed by atoms with Gasteiger partial charge in [0.25, 0.3) is 23.6 Å². The molecule has 0 spiro atoms. The van der Waals surface area contributed by atoms with E-state index >= 15 is 0 Å². The van der Waals surface area contributed by atoms with E-state index in [1.807, 2.05) is 0 Å². The van der Waals surface area contributed by atoms with Crippen LogP contribution in [0.3, 0.4) is 0 Å². The van der Waals surface area contributed by atoms with Gasteiger partial charge in [-0.1, -0.05) is 47.5 Å². The van der Waals surface area contributed by atoms with Crippen molar-refractivity contribution in [3.05, 3.63) is 107 Å². The highest BCUT2D eigenvalue weighted by atomic mass is 35.5. The second-order valence-corrected chi connectivity index (χ2v) is 15.5. The maximum Gasteiger partial charge on any atom is 0.282 e. The fraction of sp³-hybridized carbons (Fsp3) is 0.158. The second kappa shape index (κ2) is 17.8. The van der Waals surface area contributed by atoms with Crippen molar-refractivity contribution in [2.45, 2.75) is 48.6 Å². The molecule has 0 aromatic heterocycles. The Morgan fingerprint density at radius 2 is 0.966 bits per heavy atom. The van der Waals surface area contributed by atoms with Gasteiger partial charge in [-0.25, -0.2) is 8.42 Å². The lowest BCUT2D eigenvalue weighted by Crippen LogP contribution is -2.36. The summed E-state index contributed by atoms with van der Waals surface area (Å²) in [6.07, 6.45) is -1.37. The number of imide groups is 2. The van der Waals surface area contributed by atoms with Gasteiger partial charge < -0.3 is 10.6 Å². The van der Waals surface area contributed by atoms with Crippen molar-refractivity contribution in [3.63, 3.8) is 0 Å². The molecule has 6 rings (SSSR count). The molecule has 2 N–H and O–H groups in total. The summed E-state index contributed by atoms with van der Waals surface area (Å²) in [4.78, 5) is 75.9. The molecule has 2 aliphatic rings. The Kier molecular flexibility index (Phi) is 12.6.